The molecule has 5 bridgehead atoms. The van der Waals surface area contributed by atoms with E-state index in [4.69, 9.17) is 0 Å². The normalized spacial score (nSPS) is 16.8. The lowest BCUT2D eigenvalue weighted by Gasteiger charge is -2.30. The highest BCUT2D eigenvalue weighted by Crippen LogP contribution is 2.57. The van der Waals surface area contributed by atoms with Crippen LogP contribution in [0, 0.1) is 0 Å². The first-order valence-electron chi connectivity index (χ1n) is 10.4. The number of thioether (sulfide) groups is 2. The van der Waals surface area contributed by atoms with Crippen LogP contribution in [0.1, 0.15) is 11.1 Å². The Morgan fingerprint density at radius 1 is 0.516 bits per heavy atom. The summed E-state index contributed by atoms with van der Waals surface area (Å²) in [6.07, 6.45) is 4.64. The van der Waals surface area contributed by atoms with Crippen molar-refractivity contribution in [3.8, 4) is 11.1 Å². The molecule has 0 radical (unpaired) electrons. The van der Waals surface area contributed by atoms with E-state index >= 15 is 0 Å². The molecule has 0 saturated heterocycles. The van der Waals surface area contributed by atoms with Crippen LogP contribution in [0.25, 0.3) is 11.1 Å². The van der Waals surface area contributed by atoms with Gasteiger partial charge in [0.1, 0.15) is 0 Å². The maximum Gasteiger partial charge on any atom is 0.470 e. The molecule has 0 unspecified atom stereocenters. The van der Waals surface area contributed by atoms with E-state index in [1.807, 2.05) is 23.5 Å². The minimum Gasteiger partial charge on any atom is -0.114 e. The van der Waals surface area contributed by atoms with E-state index in [9.17, 15) is 0 Å². The lowest BCUT2D eigenvalue weighted by atomic mass is 10.0. The molecule has 3 aliphatic heterocycles. The van der Waals surface area contributed by atoms with E-state index in [-0.39, 0.29) is 0 Å². The molecule has 2 nitrogen and oxygen atoms in total. The molecule has 0 fully saturated rings. The van der Waals surface area contributed by atoms with E-state index in [1.54, 1.807) is 0 Å². The van der Waals surface area contributed by atoms with Gasteiger partial charge in [-0.05, 0) is 35.4 Å². The van der Waals surface area contributed by atoms with Crippen molar-refractivity contribution >= 4 is 47.3 Å². The maximum atomic E-state index is 2.44. The molecule has 31 heavy (non-hydrogen) atoms. The lowest BCUT2D eigenvalue weighted by molar-refractivity contribution is -0.689. The summed E-state index contributed by atoms with van der Waals surface area (Å²) >= 11 is 3.87. The molecule has 1 spiro atoms. The van der Waals surface area contributed by atoms with Crippen LogP contribution in [-0.2, 0) is 0 Å². The average molecular weight is 435 g/mol. The Balaban J connectivity index is 1.62. The molecule has 0 saturated carbocycles. The molecule has 3 aliphatic rings. The Kier molecular flexibility index (Phi) is 3.66. The Bertz CT molecular complexity index is 1310. The van der Waals surface area contributed by atoms with Crippen molar-refractivity contribution in [1.29, 1.82) is 0 Å². The summed E-state index contributed by atoms with van der Waals surface area (Å²) in [7, 11) is 0. The first-order valence-corrected chi connectivity index (χ1v) is 12.0. The van der Waals surface area contributed by atoms with E-state index in [2.05, 4.69) is 119 Å². The highest BCUT2D eigenvalue weighted by molar-refractivity contribution is 8.17. The number of rotatable bonds is 2. The summed E-state index contributed by atoms with van der Waals surface area (Å²) < 4.78 is 4.48. The van der Waals surface area contributed by atoms with Gasteiger partial charge in [-0.2, -0.15) is 0 Å². The molecule has 4 aromatic rings. The van der Waals surface area contributed by atoms with Crippen LogP contribution in [0.2, 0.25) is 0 Å². The Hall–Kier alpha value is -3.08. The highest BCUT2D eigenvalue weighted by atomic mass is 32.2. The molecule has 0 N–H and O–H groups in total. The summed E-state index contributed by atoms with van der Waals surface area (Å²) in [5.41, 5.74) is 7.46. The number of para-hydroxylation sites is 2. The zero-order valence-corrected chi connectivity index (χ0v) is 18.2. The SMILES string of the molecule is C1=[N+](c2ccccc2)C23Sc4cc(ccc41)-c1ccc(c(c1)S2)C=[N+]3c1ccccc1. The van der Waals surface area contributed by atoms with Crippen molar-refractivity contribution in [1.82, 2.24) is 0 Å². The van der Waals surface area contributed by atoms with Crippen LogP contribution < -0.4 is 0 Å². The largest absolute Gasteiger partial charge is 0.470 e. The van der Waals surface area contributed by atoms with Gasteiger partial charge in [0.05, 0.1) is 11.1 Å². The van der Waals surface area contributed by atoms with Crippen LogP contribution in [0.15, 0.2) is 107 Å². The van der Waals surface area contributed by atoms with Gasteiger partial charge in [-0.1, -0.05) is 48.5 Å². The third-order valence-corrected chi connectivity index (χ3v) is 9.03. The number of hydrogen-bond acceptors (Lipinski definition) is 2. The second-order valence-corrected chi connectivity index (χ2v) is 10.6. The number of nitrogens with zero attached hydrogens (tertiary/aromatic N) is 2. The fraction of sp³-hybridized carbons (Fsp3) is 0.0370. The standard InChI is InChI=1S/C27H18N2S2/c1-3-7-23(8-4-1)28-17-21-13-11-19-15-25(21)30-27(28)29(24-9-5-2-6-10-24)18-22-14-12-20(19)16-26(22)31-27/h1-18H/q+2. The van der Waals surface area contributed by atoms with Gasteiger partial charge in [0, 0.05) is 57.6 Å². The van der Waals surface area contributed by atoms with E-state index in [0.717, 1.165) is 0 Å². The van der Waals surface area contributed by atoms with Gasteiger partial charge >= 0.3 is 4.33 Å². The summed E-state index contributed by atoms with van der Waals surface area (Å²) in [4.78, 5) is 2.63. The predicted octanol–water partition coefficient (Wildman–Crippen LogP) is 6.72. The Labute approximate surface area is 189 Å². The quantitative estimate of drug-likeness (QED) is 0.323. The minimum atomic E-state index is -0.399. The Morgan fingerprint density at radius 2 is 0.968 bits per heavy atom. The number of benzene rings is 4. The molecule has 3 heterocycles. The van der Waals surface area contributed by atoms with Crippen molar-refractivity contribution in [2.24, 2.45) is 0 Å². The molecule has 4 aromatic carbocycles. The second-order valence-electron chi connectivity index (χ2n) is 7.93. The van der Waals surface area contributed by atoms with Gasteiger partial charge < -0.3 is 0 Å². The maximum absolute atomic E-state index is 2.44. The summed E-state index contributed by atoms with van der Waals surface area (Å²) in [6.45, 7) is 0. The van der Waals surface area contributed by atoms with Gasteiger partial charge in [-0.15, -0.1) is 9.15 Å². The summed E-state index contributed by atoms with van der Waals surface area (Å²) in [5.74, 6) is 0. The van der Waals surface area contributed by atoms with Crippen molar-refractivity contribution in [3.63, 3.8) is 0 Å². The van der Waals surface area contributed by atoms with Crippen LogP contribution in [0.4, 0.5) is 11.4 Å². The lowest BCUT2D eigenvalue weighted by Crippen LogP contribution is -2.47. The molecular weight excluding hydrogens is 416 g/mol. The predicted molar refractivity (Wildman–Crippen MR) is 129 cm³/mol. The van der Waals surface area contributed by atoms with Gasteiger partial charge in [-0.3, -0.25) is 0 Å². The fourth-order valence-corrected chi connectivity index (χ4v) is 7.69. The van der Waals surface area contributed by atoms with Crippen molar-refractivity contribution in [3.05, 3.63) is 108 Å². The third kappa shape index (κ3) is 2.55. The number of fused-ring (bicyclic) bond motifs is 3. The van der Waals surface area contributed by atoms with Crippen molar-refractivity contribution in [2.75, 3.05) is 0 Å². The minimum absolute atomic E-state index is 0.399. The van der Waals surface area contributed by atoms with Crippen LogP contribution in [-0.4, -0.2) is 25.9 Å². The summed E-state index contributed by atoms with van der Waals surface area (Å²) in [6, 6.07) is 35.2. The monoisotopic (exact) mass is 434 g/mol. The van der Waals surface area contributed by atoms with Gasteiger partial charge in [0.2, 0.25) is 11.4 Å². The highest BCUT2D eigenvalue weighted by Gasteiger charge is 2.61. The third-order valence-electron chi connectivity index (χ3n) is 6.06. The second kappa shape index (κ2) is 6.46. The first-order chi connectivity index (χ1) is 15.3. The van der Waals surface area contributed by atoms with Gasteiger partial charge in [0.15, 0.2) is 12.4 Å². The van der Waals surface area contributed by atoms with E-state index < -0.39 is 4.33 Å². The van der Waals surface area contributed by atoms with Crippen LogP contribution in [0.3, 0.4) is 0 Å². The average Bonchev–Trinajstić information content (AvgIpc) is 2.83. The van der Waals surface area contributed by atoms with Crippen LogP contribution in [0.5, 0.6) is 0 Å². The molecule has 0 amide bonds. The molecule has 0 aliphatic carbocycles. The van der Waals surface area contributed by atoms with Gasteiger partial charge in [-0.25, -0.2) is 0 Å². The molecule has 4 heteroatoms. The topological polar surface area (TPSA) is 6.02 Å². The molecular formula is C27H18N2S2+2. The smallest absolute Gasteiger partial charge is 0.114 e. The molecule has 0 atom stereocenters. The molecule has 0 aromatic heterocycles. The van der Waals surface area contributed by atoms with E-state index in [0.29, 0.717) is 0 Å². The Morgan fingerprint density at radius 3 is 1.42 bits per heavy atom. The van der Waals surface area contributed by atoms with Crippen LogP contribution >= 0.6 is 23.5 Å². The zero-order valence-electron chi connectivity index (χ0n) is 16.6. The van der Waals surface area contributed by atoms with Crippen molar-refractivity contribution < 1.29 is 9.15 Å². The zero-order chi connectivity index (χ0) is 20.4. The van der Waals surface area contributed by atoms with Crippen molar-refractivity contribution in [2.45, 2.75) is 14.1 Å². The molecule has 146 valence electrons. The van der Waals surface area contributed by atoms with Gasteiger partial charge in [0.25, 0.3) is 0 Å². The fourth-order valence-electron chi connectivity index (χ4n) is 4.53. The van der Waals surface area contributed by atoms with E-state index in [1.165, 1.54) is 43.4 Å². The summed E-state index contributed by atoms with van der Waals surface area (Å²) in [5, 5.41) is 0. The molecule has 7 rings (SSSR count). The number of hydrogen-bond donors (Lipinski definition) is 0. The first kappa shape index (κ1) is 17.6.